The maximum Gasteiger partial charge on any atom is 0.431 e. The largest absolute Gasteiger partial charge is 0.431 e. The molecule has 0 aliphatic carbocycles. The van der Waals surface area contributed by atoms with Crippen molar-refractivity contribution in [3.05, 3.63) is 11.8 Å². The lowest BCUT2D eigenvalue weighted by Crippen LogP contribution is -2.24. The zero-order chi connectivity index (χ0) is 10.3. The van der Waals surface area contributed by atoms with Crippen molar-refractivity contribution in [1.82, 2.24) is 10.8 Å². The third-order valence-corrected chi connectivity index (χ3v) is 1.32. The Hall–Kier alpha value is -1.70. The van der Waals surface area contributed by atoms with Crippen molar-refractivity contribution in [2.24, 2.45) is 5.92 Å². The zero-order valence-electron chi connectivity index (χ0n) is 7.92. The number of hydrogen-bond donors (Lipinski definition) is 2. The minimum Gasteiger partial charge on any atom is -0.325 e. The lowest BCUT2D eigenvalue weighted by Gasteiger charge is -2.04. The molecule has 0 rings (SSSR count). The van der Waals surface area contributed by atoms with E-state index in [1.54, 1.807) is 0 Å². The van der Waals surface area contributed by atoms with E-state index in [9.17, 15) is 4.79 Å². The Balaban J connectivity index is 3.96. The van der Waals surface area contributed by atoms with Gasteiger partial charge in [-0.3, -0.25) is 0 Å². The van der Waals surface area contributed by atoms with E-state index in [0.29, 0.717) is 5.57 Å². The number of nitrogens with zero attached hydrogens (tertiary/aromatic N) is 1. The first-order valence-corrected chi connectivity index (χ1v) is 3.86. The highest BCUT2D eigenvalue weighted by atomic mass is 16.7. The van der Waals surface area contributed by atoms with E-state index in [1.165, 1.54) is 13.2 Å². The summed E-state index contributed by atoms with van der Waals surface area (Å²) in [5.74, 6) is 0.103. The van der Waals surface area contributed by atoms with Crippen molar-refractivity contribution < 1.29 is 9.63 Å². The molecule has 0 spiro atoms. The summed E-state index contributed by atoms with van der Waals surface area (Å²) >= 11 is 0. The van der Waals surface area contributed by atoms with Gasteiger partial charge in [-0.25, -0.2) is 10.3 Å². The smallest absolute Gasteiger partial charge is 0.325 e. The highest BCUT2D eigenvalue weighted by molar-refractivity contribution is 5.66. The van der Waals surface area contributed by atoms with Gasteiger partial charge < -0.3 is 10.2 Å². The van der Waals surface area contributed by atoms with Crippen LogP contribution >= 0.6 is 0 Å². The summed E-state index contributed by atoms with van der Waals surface area (Å²) in [4.78, 5) is 15.0. The van der Waals surface area contributed by atoms with E-state index in [2.05, 4.69) is 15.6 Å². The van der Waals surface area contributed by atoms with Gasteiger partial charge in [0.15, 0.2) is 0 Å². The third kappa shape index (κ3) is 4.69. The standard InChI is InChI=1S/C8H13N3O2/c1-6(2)7(4-9)5-11-13-8(12)10-3/h5-6,11H,1-3H3,(H,10,12). The SMILES string of the molecule is CNC(=O)ONC=C(C#N)C(C)C. The summed E-state index contributed by atoms with van der Waals surface area (Å²) in [5.41, 5.74) is 2.79. The Labute approximate surface area is 77.3 Å². The molecule has 0 aromatic rings. The number of carbonyl (C=O) groups excluding carboxylic acids is 1. The third-order valence-electron chi connectivity index (χ3n) is 1.32. The number of hydroxylamine groups is 1. The Morgan fingerprint density at radius 1 is 1.62 bits per heavy atom. The van der Waals surface area contributed by atoms with Crippen molar-refractivity contribution in [3.8, 4) is 6.07 Å². The molecule has 0 heterocycles. The molecule has 0 bridgehead atoms. The molecule has 2 N–H and O–H groups in total. The predicted molar refractivity (Wildman–Crippen MR) is 47.2 cm³/mol. The van der Waals surface area contributed by atoms with Crippen LogP contribution in [0.3, 0.4) is 0 Å². The second-order valence-electron chi connectivity index (χ2n) is 2.62. The van der Waals surface area contributed by atoms with Gasteiger partial charge in [-0.05, 0) is 5.92 Å². The zero-order valence-corrected chi connectivity index (χ0v) is 7.92. The van der Waals surface area contributed by atoms with Crippen LogP contribution < -0.4 is 10.8 Å². The van der Waals surface area contributed by atoms with Crippen LogP contribution in [-0.2, 0) is 4.84 Å². The number of rotatable bonds is 3. The van der Waals surface area contributed by atoms with Crippen molar-refractivity contribution >= 4 is 6.09 Å². The molecule has 0 atom stereocenters. The molecule has 0 radical (unpaired) electrons. The normalized spacial score (nSPS) is 10.5. The average molecular weight is 183 g/mol. The number of nitrogens with one attached hydrogen (secondary N) is 2. The second-order valence-corrected chi connectivity index (χ2v) is 2.62. The van der Waals surface area contributed by atoms with Crippen molar-refractivity contribution in [3.63, 3.8) is 0 Å². The molecule has 0 unspecified atom stereocenters. The molecule has 0 aliphatic rings. The quantitative estimate of drug-likeness (QED) is 0.503. The molecular weight excluding hydrogens is 170 g/mol. The molecular formula is C8H13N3O2. The van der Waals surface area contributed by atoms with Gasteiger partial charge in [0.25, 0.3) is 0 Å². The van der Waals surface area contributed by atoms with Crippen LogP contribution in [-0.4, -0.2) is 13.1 Å². The first kappa shape index (κ1) is 11.3. The molecule has 0 aromatic heterocycles. The van der Waals surface area contributed by atoms with Gasteiger partial charge in [-0.2, -0.15) is 5.26 Å². The van der Waals surface area contributed by atoms with Gasteiger partial charge in [0.05, 0.1) is 11.6 Å². The lowest BCUT2D eigenvalue weighted by molar-refractivity contribution is 0.113. The van der Waals surface area contributed by atoms with E-state index in [4.69, 9.17) is 5.26 Å². The Morgan fingerprint density at radius 2 is 2.23 bits per heavy atom. The molecule has 0 saturated heterocycles. The molecule has 1 amide bonds. The number of carbonyl (C=O) groups is 1. The molecule has 13 heavy (non-hydrogen) atoms. The molecule has 0 saturated carbocycles. The highest BCUT2D eigenvalue weighted by Crippen LogP contribution is 2.05. The van der Waals surface area contributed by atoms with Gasteiger partial charge in [0.1, 0.15) is 0 Å². The highest BCUT2D eigenvalue weighted by Gasteiger charge is 2.01. The summed E-state index contributed by atoms with van der Waals surface area (Å²) in [5, 5.41) is 10.9. The van der Waals surface area contributed by atoms with Crippen molar-refractivity contribution in [1.29, 1.82) is 5.26 Å². The van der Waals surface area contributed by atoms with Crippen molar-refractivity contribution in [2.75, 3.05) is 7.05 Å². The van der Waals surface area contributed by atoms with E-state index in [1.807, 2.05) is 19.9 Å². The molecule has 5 heteroatoms. The molecule has 0 aromatic carbocycles. The van der Waals surface area contributed by atoms with Crippen LogP contribution in [0, 0.1) is 17.2 Å². The summed E-state index contributed by atoms with van der Waals surface area (Å²) < 4.78 is 0. The number of nitriles is 1. The van der Waals surface area contributed by atoms with Gasteiger partial charge >= 0.3 is 6.09 Å². The van der Waals surface area contributed by atoms with Crippen molar-refractivity contribution in [2.45, 2.75) is 13.8 Å². The minimum atomic E-state index is -0.600. The first-order valence-electron chi connectivity index (χ1n) is 3.86. The molecule has 0 fully saturated rings. The van der Waals surface area contributed by atoms with E-state index in [0.717, 1.165) is 0 Å². The number of allylic oxidation sites excluding steroid dienone is 1. The predicted octanol–water partition coefficient (Wildman–Crippen LogP) is 0.910. The van der Waals surface area contributed by atoms with Gasteiger partial charge in [-0.15, -0.1) is 0 Å². The van der Waals surface area contributed by atoms with Gasteiger partial charge in [0.2, 0.25) is 0 Å². The van der Waals surface area contributed by atoms with E-state index in [-0.39, 0.29) is 5.92 Å². The summed E-state index contributed by atoms with van der Waals surface area (Å²) in [6, 6.07) is 1.98. The van der Waals surface area contributed by atoms with Crippen LogP contribution in [0.2, 0.25) is 0 Å². The fraction of sp³-hybridized carbons (Fsp3) is 0.500. The van der Waals surface area contributed by atoms with Crippen LogP contribution in [0.5, 0.6) is 0 Å². The Morgan fingerprint density at radius 3 is 2.62 bits per heavy atom. The molecule has 0 aliphatic heterocycles. The summed E-state index contributed by atoms with van der Waals surface area (Å²) in [6.07, 6.45) is 0.761. The topological polar surface area (TPSA) is 74.2 Å². The van der Waals surface area contributed by atoms with Crippen LogP contribution in [0.4, 0.5) is 4.79 Å². The lowest BCUT2D eigenvalue weighted by atomic mass is 10.1. The van der Waals surface area contributed by atoms with Crippen LogP contribution in [0.25, 0.3) is 0 Å². The number of amides is 1. The maximum absolute atomic E-state index is 10.5. The Kier molecular flexibility index (Phi) is 5.12. The molecule has 5 nitrogen and oxygen atoms in total. The first-order chi connectivity index (χ1) is 6.11. The van der Waals surface area contributed by atoms with Crippen LogP contribution in [0.1, 0.15) is 13.8 Å². The van der Waals surface area contributed by atoms with Crippen LogP contribution in [0.15, 0.2) is 11.8 Å². The summed E-state index contributed by atoms with van der Waals surface area (Å²) in [7, 11) is 1.45. The Bertz CT molecular complexity index is 240. The minimum absolute atomic E-state index is 0.103. The van der Waals surface area contributed by atoms with E-state index >= 15 is 0 Å². The summed E-state index contributed by atoms with van der Waals surface area (Å²) in [6.45, 7) is 3.74. The fourth-order valence-corrected chi connectivity index (χ4v) is 0.526. The van der Waals surface area contributed by atoms with E-state index < -0.39 is 6.09 Å². The fourth-order valence-electron chi connectivity index (χ4n) is 0.526. The van der Waals surface area contributed by atoms with Gasteiger partial charge in [-0.1, -0.05) is 13.8 Å². The number of hydrogen-bond acceptors (Lipinski definition) is 4. The maximum atomic E-state index is 10.5. The van der Waals surface area contributed by atoms with Gasteiger partial charge in [0, 0.05) is 13.2 Å². The monoisotopic (exact) mass is 183 g/mol. The second kappa shape index (κ2) is 5.89. The molecule has 72 valence electrons. The average Bonchev–Trinajstić information content (AvgIpc) is 2.11.